The van der Waals surface area contributed by atoms with Crippen LogP contribution in [-0.4, -0.2) is 42.0 Å². The predicted octanol–water partition coefficient (Wildman–Crippen LogP) is 5.59. The standard InChI is InChI=1S/C27H27ClF6N4O3/c1-13-10-14(2)12-15(11-13)20-18-4-3-5-19(28)21(18)37-25(41)23(36-20)38-24(40)17(7-9-27(32,33)34)16(22(35)39)6-8-26(29,30)31/h3-5,10-12,16-17,23H,6-9H2,1-2H3,(H2,35,39)(H,37,41)(H,38,40). The largest absolute Gasteiger partial charge is 0.389 e. The average molecular weight is 605 g/mol. The van der Waals surface area contributed by atoms with Crippen molar-refractivity contribution in [3.8, 4) is 0 Å². The van der Waals surface area contributed by atoms with E-state index in [1.54, 1.807) is 24.3 Å². The molecule has 41 heavy (non-hydrogen) atoms. The predicted molar refractivity (Wildman–Crippen MR) is 140 cm³/mol. The lowest BCUT2D eigenvalue weighted by atomic mass is 9.83. The number of nitrogens with two attached hydrogens (primary N) is 1. The summed E-state index contributed by atoms with van der Waals surface area (Å²) in [7, 11) is 0. The fourth-order valence-electron chi connectivity index (χ4n) is 4.67. The zero-order valence-corrected chi connectivity index (χ0v) is 22.7. The van der Waals surface area contributed by atoms with Crippen molar-refractivity contribution in [1.82, 2.24) is 5.32 Å². The van der Waals surface area contributed by atoms with Gasteiger partial charge in [-0.05, 0) is 44.9 Å². The summed E-state index contributed by atoms with van der Waals surface area (Å²) in [6.07, 6.45) is -16.4. The highest BCUT2D eigenvalue weighted by atomic mass is 35.5. The van der Waals surface area contributed by atoms with E-state index < -0.39 is 73.8 Å². The van der Waals surface area contributed by atoms with Crippen LogP contribution >= 0.6 is 11.6 Å². The van der Waals surface area contributed by atoms with Gasteiger partial charge in [-0.15, -0.1) is 0 Å². The van der Waals surface area contributed by atoms with Crippen molar-refractivity contribution in [2.45, 2.75) is 58.0 Å². The molecule has 2 aromatic rings. The van der Waals surface area contributed by atoms with Gasteiger partial charge in [-0.3, -0.25) is 14.4 Å². The minimum Gasteiger partial charge on any atom is -0.369 e. The smallest absolute Gasteiger partial charge is 0.369 e. The zero-order chi connectivity index (χ0) is 30.7. The summed E-state index contributed by atoms with van der Waals surface area (Å²) >= 11 is 6.32. The Labute approximate surface area is 236 Å². The number of nitrogens with zero attached hydrogens (tertiary/aromatic N) is 1. The van der Waals surface area contributed by atoms with Crippen molar-refractivity contribution >= 4 is 40.7 Å². The lowest BCUT2D eigenvalue weighted by Gasteiger charge is -2.26. The van der Waals surface area contributed by atoms with Gasteiger partial charge in [0.2, 0.25) is 18.0 Å². The van der Waals surface area contributed by atoms with Gasteiger partial charge in [0.1, 0.15) is 0 Å². The number of halogens is 7. The number of para-hydroxylation sites is 1. The number of carbonyl (C=O) groups excluding carboxylic acids is 3. The highest BCUT2D eigenvalue weighted by Crippen LogP contribution is 2.34. The number of fused-ring (bicyclic) bond motifs is 1. The molecule has 3 atom stereocenters. The van der Waals surface area contributed by atoms with Gasteiger partial charge in [-0.25, -0.2) is 4.99 Å². The summed E-state index contributed by atoms with van der Waals surface area (Å²) in [5, 5.41) is 4.91. The van der Waals surface area contributed by atoms with Gasteiger partial charge in [0, 0.05) is 35.8 Å². The molecule has 1 aliphatic rings. The topological polar surface area (TPSA) is 114 Å². The highest BCUT2D eigenvalue weighted by Gasteiger charge is 2.40. The number of anilines is 1. The molecule has 1 heterocycles. The Kier molecular flexibility index (Phi) is 9.73. The van der Waals surface area contributed by atoms with Gasteiger partial charge in [0.15, 0.2) is 0 Å². The van der Waals surface area contributed by atoms with Crippen molar-refractivity contribution in [2.75, 3.05) is 5.32 Å². The molecule has 3 amide bonds. The van der Waals surface area contributed by atoms with Crippen LogP contribution in [0, 0.1) is 25.7 Å². The molecule has 0 radical (unpaired) electrons. The van der Waals surface area contributed by atoms with Crippen molar-refractivity contribution in [1.29, 1.82) is 0 Å². The van der Waals surface area contributed by atoms with Crippen LogP contribution in [0.3, 0.4) is 0 Å². The maximum Gasteiger partial charge on any atom is 0.389 e. The normalized spacial score (nSPS) is 17.0. The van der Waals surface area contributed by atoms with Crippen LogP contribution in [0.5, 0.6) is 0 Å². The molecule has 0 spiro atoms. The van der Waals surface area contributed by atoms with Gasteiger partial charge in [0.25, 0.3) is 5.91 Å². The minimum atomic E-state index is -4.78. The van der Waals surface area contributed by atoms with E-state index in [-0.39, 0.29) is 16.4 Å². The van der Waals surface area contributed by atoms with Gasteiger partial charge < -0.3 is 16.4 Å². The van der Waals surface area contributed by atoms with Crippen molar-refractivity contribution in [3.63, 3.8) is 0 Å². The van der Waals surface area contributed by atoms with Crippen molar-refractivity contribution in [3.05, 3.63) is 63.7 Å². The number of rotatable bonds is 9. The Morgan fingerprint density at radius 3 is 2.10 bits per heavy atom. The Morgan fingerprint density at radius 2 is 1.56 bits per heavy atom. The first-order chi connectivity index (χ1) is 18.9. The molecule has 2 aromatic carbocycles. The number of amides is 3. The summed E-state index contributed by atoms with van der Waals surface area (Å²) < 4.78 is 77.9. The Hall–Kier alpha value is -3.61. The van der Waals surface area contributed by atoms with E-state index in [0.717, 1.165) is 11.1 Å². The number of benzodiazepines with no additional fused rings is 1. The lowest BCUT2D eigenvalue weighted by Crippen LogP contribution is -2.48. The van der Waals surface area contributed by atoms with Crippen LogP contribution in [0.4, 0.5) is 32.0 Å². The first-order valence-corrected chi connectivity index (χ1v) is 12.8. The number of aliphatic imine (C=N–C) groups is 1. The molecular weight excluding hydrogens is 578 g/mol. The van der Waals surface area contributed by atoms with E-state index in [0.29, 0.717) is 11.1 Å². The Morgan fingerprint density at radius 1 is 1.00 bits per heavy atom. The molecule has 3 unspecified atom stereocenters. The molecule has 4 N–H and O–H groups in total. The molecule has 3 rings (SSSR count). The number of hydrogen-bond acceptors (Lipinski definition) is 4. The first-order valence-electron chi connectivity index (χ1n) is 12.4. The molecule has 7 nitrogen and oxygen atoms in total. The fourth-order valence-corrected chi connectivity index (χ4v) is 4.90. The Balaban J connectivity index is 2.04. The third-order valence-corrected chi connectivity index (χ3v) is 6.78. The summed E-state index contributed by atoms with van der Waals surface area (Å²) in [5.74, 6) is -7.37. The maximum atomic E-state index is 13.3. The quantitative estimate of drug-likeness (QED) is 0.324. The fraction of sp³-hybridized carbons (Fsp3) is 0.407. The molecular formula is C27H27ClF6N4O3. The molecule has 1 aliphatic heterocycles. The number of primary amides is 1. The van der Waals surface area contributed by atoms with Gasteiger partial charge in [0.05, 0.1) is 16.4 Å². The number of hydrogen-bond donors (Lipinski definition) is 3. The highest BCUT2D eigenvalue weighted by molar-refractivity contribution is 6.36. The lowest BCUT2D eigenvalue weighted by molar-refractivity contribution is -0.152. The molecule has 222 valence electrons. The second kappa shape index (κ2) is 12.5. The van der Waals surface area contributed by atoms with E-state index in [1.807, 2.05) is 19.9 Å². The zero-order valence-electron chi connectivity index (χ0n) is 21.9. The average Bonchev–Trinajstić information content (AvgIpc) is 2.96. The summed E-state index contributed by atoms with van der Waals surface area (Å²) in [4.78, 5) is 42.9. The molecule has 0 aliphatic carbocycles. The third kappa shape index (κ3) is 8.69. The summed E-state index contributed by atoms with van der Waals surface area (Å²) in [6, 6.07) is 10.1. The number of nitrogens with one attached hydrogen (secondary N) is 2. The molecule has 14 heteroatoms. The van der Waals surface area contributed by atoms with Gasteiger partial charge in [-0.1, -0.05) is 40.9 Å². The minimum absolute atomic E-state index is 0.142. The number of alkyl halides is 6. The SMILES string of the molecule is Cc1cc(C)cc(C2=NC(NC(=O)C(CCC(F)(F)F)C(CCC(F)(F)F)C(N)=O)C(=O)Nc3c(Cl)cccc32)c1. The first kappa shape index (κ1) is 31.9. The number of aryl methyl sites for hydroxylation is 2. The van der Waals surface area contributed by atoms with E-state index >= 15 is 0 Å². The van der Waals surface area contributed by atoms with Crippen LogP contribution in [0.1, 0.15) is 47.9 Å². The van der Waals surface area contributed by atoms with Crippen LogP contribution in [0.25, 0.3) is 0 Å². The molecule has 0 aromatic heterocycles. The van der Waals surface area contributed by atoms with Crippen molar-refractivity contribution in [2.24, 2.45) is 22.6 Å². The van der Waals surface area contributed by atoms with Crippen molar-refractivity contribution < 1.29 is 40.7 Å². The second-order valence-electron chi connectivity index (χ2n) is 9.84. The van der Waals surface area contributed by atoms with E-state index in [2.05, 4.69) is 15.6 Å². The molecule has 0 fully saturated rings. The Bertz CT molecular complexity index is 1340. The van der Waals surface area contributed by atoms with Crippen LogP contribution in [0.15, 0.2) is 41.4 Å². The maximum absolute atomic E-state index is 13.3. The number of carbonyl (C=O) groups is 3. The van der Waals surface area contributed by atoms with Gasteiger partial charge >= 0.3 is 12.4 Å². The van der Waals surface area contributed by atoms with Gasteiger partial charge in [-0.2, -0.15) is 26.3 Å². The monoisotopic (exact) mass is 604 g/mol. The third-order valence-electron chi connectivity index (χ3n) is 6.46. The van der Waals surface area contributed by atoms with E-state index in [1.165, 1.54) is 6.07 Å². The number of benzene rings is 2. The van der Waals surface area contributed by atoms with E-state index in [9.17, 15) is 40.7 Å². The van der Waals surface area contributed by atoms with Crippen LogP contribution in [-0.2, 0) is 14.4 Å². The molecule has 0 bridgehead atoms. The summed E-state index contributed by atoms with van der Waals surface area (Å²) in [5.41, 5.74) is 8.24. The molecule has 0 saturated heterocycles. The van der Waals surface area contributed by atoms with Crippen LogP contribution < -0.4 is 16.4 Å². The molecule has 0 saturated carbocycles. The van der Waals surface area contributed by atoms with E-state index in [4.69, 9.17) is 17.3 Å². The van der Waals surface area contributed by atoms with Crippen LogP contribution in [0.2, 0.25) is 5.02 Å². The second-order valence-corrected chi connectivity index (χ2v) is 10.2. The summed E-state index contributed by atoms with van der Waals surface area (Å²) in [6.45, 7) is 3.65.